The van der Waals surface area contributed by atoms with Crippen molar-refractivity contribution >= 4 is 27.7 Å². The summed E-state index contributed by atoms with van der Waals surface area (Å²) in [6, 6.07) is 5.61. The fraction of sp³-hybridized carbons (Fsp3) is 0.600. The minimum absolute atomic E-state index is 0.0884. The maximum absolute atomic E-state index is 13.9. The van der Waals surface area contributed by atoms with Gasteiger partial charge in [-0.1, -0.05) is 22.9 Å². The summed E-state index contributed by atoms with van der Waals surface area (Å²) in [4.78, 5) is 0. The first kappa shape index (κ1) is 15.3. The lowest BCUT2D eigenvalue weighted by atomic mass is 10.00. The van der Waals surface area contributed by atoms with Gasteiger partial charge in [0.1, 0.15) is 5.82 Å². The van der Waals surface area contributed by atoms with E-state index in [1.807, 2.05) is 17.8 Å². The van der Waals surface area contributed by atoms with Gasteiger partial charge in [-0.15, -0.1) is 0 Å². The summed E-state index contributed by atoms with van der Waals surface area (Å²) in [5.41, 5.74) is 0.815. The molecular formula is C15H21BrFNS. The van der Waals surface area contributed by atoms with Gasteiger partial charge in [0.2, 0.25) is 0 Å². The minimum Gasteiger partial charge on any atom is -0.313 e. The molecule has 0 spiro atoms. The molecule has 1 nitrogen and oxygen atoms in total. The Morgan fingerprint density at radius 3 is 3.05 bits per heavy atom. The quantitative estimate of drug-likeness (QED) is 0.820. The van der Waals surface area contributed by atoms with Crippen LogP contribution in [-0.4, -0.2) is 23.6 Å². The molecule has 2 atom stereocenters. The van der Waals surface area contributed by atoms with Crippen LogP contribution in [0.15, 0.2) is 22.7 Å². The molecule has 1 heterocycles. The van der Waals surface area contributed by atoms with E-state index in [-0.39, 0.29) is 5.82 Å². The van der Waals surface area contributed by atoms with Crippen molar-refractivity contribution in [3.63, 3.8) is 0 Å². The molecule has 0 radical (unpaired) electrons. The van der Waals surface area contributed by atoms with E-state index >= 15 is 0 Å². The second-order valence-electron chi connectivity index (χ2n) is 5.05. The highest BCUT2D eigenvalue weighted by molar-refractivity contribution is 9.10. The van der Waals surface area contributed by atoms with E-state index in [1.165, 1.54) is 18.6 Å². The Balaban J connectivity index is 2.07. The Hall–Kier alpha value is -0.0600. The van der Waals surface area contributed by atoms with E-state index in [0.29, 0.717) is 11.3 Å². The molecule has 106 valence electrons. The van der Waals surface area contributed by atoms with Gasteiger partial charge in [-0.25, -0.2) is 4.39 Å². The van der Waals surface area contributed by atoms with Crippen LogP contribution in [0.2, 0.25) is 0 Å². The van der Waals surface area contributed by atoms with Crippen molar-refractivity contribution in [2.45, 2.75) is 43.9 Å². The summed E-state index contributed by atoms with van der Waals surface area (Å²) >= 11 is 5.46. The topological polar surface area (TPSA) is 12.0 Å². The molecule has 1 fully saturated rings. The summed E-state index contributed by atoms with van der Waals surface area (Å²) < 4.78 is 14.8. The Bertz CT molecular complexity index is 407. The van der Waals surface area contributed by atoms with E-state index in [9.17, 15) is 4.39 Å². The normalized spacial score (nSPS) is 20.7. The lowest BCUT2D eigenvalue weighted by Crippen LogP contribution is -2.39. The van der Waals surface area contributed by atoms with Crippen LogP contribution in [0.5, 0.6) is 0 Å². The standard InChI is InChI=1S/C15H21BrFNS/c1-2-7-18-14(15-4-3-8-19-15)10-11-9-12(16)5-6-13(11)17/h5-6,9,14-15,18H,2-4,7-8,10H2,1H3. The Labute approximate surface area is 127 Å². The average molecular weight is 346 g/mol. The van der Waals surface area contributed by atoms with Crippen LogP contribution in [0.25, 0.3) is 0 Å². The molecule has 19 heavy (non-hydrogen) atoms. The summed E-state index contributed by atoms with van der Waals surface area (Å²) in [5.74, 6) is 1.16. The van der Waals surface area contributed by atoms with Crippen LogP contribution in [-0.2, 0) is 6.42 Å². The third-order valence-corrected chi connectivity index (χ3v) is 5.53. The zero-order chi connectivity index (χ0) is 13.7. The largest absolute Gasteiger partial charge is 0.313 e. The van der Waals surface area contributed by atoms with Crippen LogP contribution in [0, 0.1) is 5.82 Å². The van der Waals surface area contributed by atoms with Crippen LogP contribution < -0.4 is 5.32 Å². The van der Waals surface area contributed by atoms with Gasteiger partial charge in [-0.2, -0.15) is 11.8 Å². The van der Waals surface area contributed by atoms with Crippen LogP contribution in [0.4, 0.5) is 4.39 Å². The average Bonchev–Trinajstić information content (AvgIpc) is 2.92. The van der Waals surface area contributed by atoms with E-state index < -0.39 is 0 Å². The molecule has 1 saturated heterocycles. The molecule has 2 unspecified atom stereocenters. The van der Waals surface area contributed by atoms with E-state index in [4.69, 9.17) is 0 Å². The SMILES string of the molecule is CCCNC(Cc1cc(Br)ccc1F)C1CCCS1. The predicted octanol–water partition coefficient (Wildman–Crippen LogP) is 4.39. The van der Waals surface area contributed by atoms with Crippen molar-refractivity contribution in [1.82, 2.24) is 5.32 Å². The molecule has 0 bridgehead atoms. The van der Waals surface area contributed by atoms with Gasteiger partial charge in [0, 0.05) is 15.8 Å². The lowest BCUT2D eigenvalue weighted by molar-refractivity contribution is 0.472. The number of benzene rings is 1. The highest BCUT2D eigenvalue weighted by Gasteiger charge is 2.26. The Morgan fingerprint density at radius 2 is 2.37 bits per heavy atom. The van der Waals surface area contributed by atoms with Crippen molar-refractivity contribution in [1.29, 1.82) is 0 Å². The lowest BCUT2D eigenvalue weighted by Gasteiger charge is -2.24. The summed E-state index contributed by atoms with van der Waals surface area (Å²) in [6.07, 6.45) is 4.44. The second-order valence-corrected chi connectivity index (χ2v) is 7.31. The van der Waals surface area contributed by atoms with Gasteiger partial charge in [-0.3, -0.25) is 0 Å². The van der Waals surface area contributed by atoms with Crippen molar-refractivity contribution in [3.8, 4) is 0 Å². The second kappa shape index (κ2) is 7.65. The van der Waals surface area contributed by atoms with Crippen molar-refractivity contribution in [3.05, 3.63) is 34.1 Å². The third-order valence-electron chi connectivity index (χ3n) is 3.52. The smallest absolute Gasteiger partial charge is 0.126 e. The zero-order valence-electron chi connectivity index (χ0n) is 11.3. The molecule has 4 heteroatoms. The first-order valence-electron chi connectivity index (χ1n) is 6.99. The van der Waals surface area contributed by atoms with Gasteiger partial charge >= 0.3 is 0 Å². The number of rotatable bonds is 6. The number of hydrogen-bond acceptors (Lipinski definition) is 2. The number of halogens is 2. The number of hydrogen-bond donors (Lipinski definition) is 1. The molecule has 1 N–H and O–H groups in total. The van der Waals surface area contributed by atoms with Crippen molar-refractivity contribution < 1.29 is 4.39 Å². The fourth-order valence-electron chi connectivity index (χ4n) is 2.52. The molecular weight excluding hydrogens is 325 g/mol. The molecule has 2 rings (SSSR count). The van der Waals surface area contributed by atoms with E-state index in [2.05, 4.69) is 28.2 Å². The summed E-state index contributed by atoms with van der Waals surface area (Å²) in [5, 5.41) is 4.23. The minimum atomic E-state index is -0.0884. The van der Waals surface area contributed by atoms with Gasteiger partial charge in [0.25, 0.3) is 0 Å². The number of nitrogens with one attached hydrogen (secondary N) is 1. The first-order chi connectivity index (χ1) is 9.20. The maximum Gasteiger partial charge on any atom is 0.126 e. The van der Waals surface area contributed by atoms with E-state index in [1.54, 1.807) is 12.1 Å². The molecule has 1 aliphatic heterocycles. The zero-order valence-corrected chi connectivity index (χ0v) is 13.7. The van der Waals surface area contributed by atoms with Crippen LogP contribution in [0.1, 0.15) is 31.7 Å². The van der Waals surface area contributed by atoms with E-state index in [0.717, 1.165) is 29.4 Å². The van der Waals surface area contributed by atoms with Gasteiger partial charge in [-0.05, 0) is 61.7 Å². The molecule has 0 amide bonds. The predicted molar refractivity (Wildman–Crippen MR) is 85.4 cm³/mol. The summed E-state index contributed by atoms with van der Waals surface area (Å²) in [6.45, 7) is 3.18. The first-order valence-corrected chi connectivity index (χ1v) is 8.83. The molecule has 0 aromatic heterocycles. The van der Waals surface area contributed by atoms with Crippen molar-refractivity contribution in [2.24, 2.45) is 0 Å². The molecule has 0 saturated carbocycles. The van der Waals surface area contributed by atoms with Crippen molar-refractivity contribution in [2.75, 3.05) is 12.3 Å². The van der Waals surface area contributed by atoms with Gasteiger partial charge in [0.15, 0.2) is 0 Å². The van der Waals surface area contributed by atoms with Gasteiger partial charge < -0.3 is 5.32 Å². The highest BCUT2D eigenvalue weighted by Crippen LogP contribution is 2.31. The maximum atomic E-state index is 13.9. The molecule has 0 aliphatic carbocycles. The number of thioether (sulfide) groups is 1. The molecule has 1 aliphatic rings. The van der Waals surface area contributed by atoms with Gasteiger partial charge in [0.05, 0.1) is 0 Å². The fourth-order valence-corrected chi connectivity index (χ4v) is 4.32. The Kier molecular flexibility index (Phi) is 6.17. The third kappa shape index (κ3) is 4.47. The molecule has 1 aromatic rings. The monoisotopic (exact) mass is 345 g/mol. The Morgan fingerprint density at radius 1 is 1.53 bits per heavy atom. The molecule has 1 aromatic carbocycles. The highest BCUT2D eigenvalue weighted by atomic mass is 79.9. The van der Waals surface area contributed by atoms with Crippen LogP contribution >= 0.6 is 27.7 Å². The summed E-state index contributed by atoms with van der Waals surface area (Å²) in [7, 11) is 0. The van der Waals surface area contributed by atoms with Crippen LogP contribution in [0.3, 0.4) is 0 Å².